The molecule has 0 radical (unpaired) electrons. The number of allylic oxidation sites excluding steroid dienone is 32. The minimum Gasteiger partial charge on any atom is -0.462 e. The first kappa shape index (κ1) is 106. The number of phosphoric acid groups is 2. The molecule has 0 aliphatic carbocycles. The number of hydrogen-bond acceptors (Lipinski definition) is 15. The van der Waals surface area contributed by atoms with Gasteiger partial charge in [-0.05, 0) is 180 Å². The van der Waals surface area contributed by atoms with E-state index in [1.54, 1.807) is 0 Å². The number of aliphatic hydroxyl groups excluding tert-OH is 1. The third-order valence-electron chi connectivity index (χ3n) is 17.0. The Balaban J connectivity index is 5.50. The molecule has 19 heteroatoms. The molecule has 5 unspecified atom stereocenters. The number of unbranched alkanes of at least 4 members (excludes halogenated alkanes) is 20. The highest BCUT2D eigenvalue weighted by molar-refractivity contribution is 7.47. The summed E-state index contributed by atoms with van der Waals surface area (Å²) in [5, 5.41) is 10.7. The zero-order valence-corrected chi connectivity index (χ0v) is 71.3. The monoisotopic (exact) mass is 1600 g/mol. The lowest BCUT2D eigenvalue weighted by molar-refractivity contribution is -0.161. The summed E-state index contributed by atoms with van der Waals surface area (Å²) < 4.78 is 68.7. The van der Waals surface area contributed by atoms with Crippen molar-refractivity contribution in [2.45, 2.75) is 329 Å². The second-order valence-electron chi connectivity index (χ2n) is 27.6. The van der Waals surface area contributed by atoms with Gasteiger partial charge in [0.25, 0.3) is 0 Å². The molecule has 634 valence electrons. The zero-order chi connectivity index (χ0) is 81.7. The minimum atomic E-state index is -5.01. The number of hydrogen-bond donors (Lipinski definition) is 3. The maximum atomic E-state index is 13.1. The summed E-state index contributed by atoms with van der Waals surface area (Å²) in [6.45, 7) is 4.38. The molecular weight excluding hydrogens is 1450 g/mol. The van der Waals surface area contributed by atoms with Gasteiger partial charge in [0.05, 0.1) is 26.4 Å². The Labute approximate surface area is 678 Å². The summed E-state index contributed by atoms with van der Waals surface area (Å²) in [5.41, 5.74) is 0. The van der Waals surface area contributed by atoms with E-state index in [1.165, 1.54) is 19.3 Å². The van der Waals surface area contributed by atoms with Gasteiger partial charge in [0.2, 0.25) is 0 Å². The normalized spacial score (nSPS) is 14.7. The molecule has 3 N–H and O–H groups in total. The largest absolute Gasteiger partial charge is 0.472 e. The smallest absolute Gasteiger partial charge is 0.462 e. The molecular formula is C93H150O17P2. The van der Waals surface area contributed by atoms with Crippen LogP contribution in [-0.4, -0.2) is 96.7 Å². The topological polar surface area (TPSA) is 237 Å². The zero-order valence-electron chi connectivity index (χ0n) is 69.5. The van der Waals surface area contributed by atoms with Crippen molar-refractivity contribution in [3.05, 3.63) is 194 Å². The molecule has 0 aromatic rings. The van der Waals surface area contributed by atoms with Crippen LogP contribution in [-0.2, 0) is 65.4 Å². The maximum absolute atomic E-state index is 13.1. The third kappa shape index (κ3) is 81.9. The fourth-order valence-electron chi connectivity index (χ4n) is 10.7. The van der Waals surface area contributed by atoms with Crippen LogP contribution in [0.1, 0.15) is 310 Å². The highest BCUT2D eigenvalue weighted by atomic mass is 31.2. The number of phosphoric ester groups is 2. The maximum Gasteiger partial charge on any atom is 0.472 e. The Kier molecular flexibility index (Phi) is 78.4. The summed E-state index contributed by atoms with van der Waals surface area (Å²) >= 11 is 0. The van der Waals surface area contributed by atoms with E-state index in [2.05, 4.69) is 210 Å². The number of carbonyl (C=O) groups is 4. The molecule has 0 fully saturated rings. The van der Waals surface area contributed by atoms with Crippen LogP contribution in [0.25, 0.3) is 0 Å². The average Bonchev–Trinajstić information content (AvgIpc) is 0.897. The quantitative estimate of drug-likeness (QED) is 0.0169. The minimum absolute atomic E-state index is 0.00570. The van der Waals surface area contributed by atoms with Crippen LogP contribution in [0.4, 0.5) is 0 Å². The highest BCUT2D eigenvalue weighted by Gasteiger charge is 2.30. The number of aliphatic hydroxyl groups is 1. The van der Waals surface area contributed by atoms with Crippen LogP contribution in [0, 0.1) is 0 Å². The van der Waals surface area contributed by atoms with E-state index >= 15 is 0 Å². The SMILES string of the molecule is CC/C=C\C/C=C\C/C=C\C/C=C\C/C=C\CCCC(=O)OC(COC(=O)CCCCCCCC/C=C\C/C=C\C/C=C\CCCCC)COP(=O)(O)OCC(O)COP(=O)(O)OCC(COC(=O)CCCCCCCC/C=C\C/C=C\C/C=C\C/C=C\CC)OC(=O)CCCCCC/C=C\C/C=C\C/C=C\C/C=C\CC. The molecule has 0 aliphatic heterocycles. The van der Waals surface area contributed by atoms with E-state index in [0.29, 0.717) is 32.1 Å². The van der Waals surface area contributed by atoms with Gasteiger partial charge in [-0.25, -0.2) is 9.13 Å². The Bertz CT molecular complexity index is 2890. The van der Waals surface area contributed by atoms with Crippen LogP contribution in [0.5, 0.6) is 0 Å². The summed E-state index contributed by atoms with van der Waals surface area (Å²) in [6, 6.07) is 0. The van der Waals surface area contributed by atoms with Gasteiger partial charge < -0.3 is 33.8 Å². The Morgan fingerprint density at radius 1 is 0.259 bits per heavy atom. The van der Waals surface area contributed by atoms with E-state index in [-0.39, 0.29) is 25.7 Å². The van der Waals surface area contributed by atoms with Crippen LogP contribution >= 0.6 is 15.6 Å². The molecule has 0 aromatic carbocycles. The van der Waals surface area contributed by atoms with Gasteiger partial charge in [-0.15, -0.1) is 0 Å². The Hall–Kier alpha value is -6.10. The molecule has 0 saturated carbocycles. The Morgan fingerprint density at radius 2 is 0.473 bits per heavy atom. The summed E-state index contributed by atoms with van der Waals surface area (Å²) in [4.78, 5) is 73.3. The van der Waals surface area contributed by atoms with Gasteiger partial charge >= 0.3 is 39.5 Å². The molecule has 0 rings (SSSR count). The van der Waals surface area contributed by atoms with E-state index in [0.717, 1.165) is 205 Å². The number of esters is 4. The van der Waals surface area contributed by atoms with Crippen molar-refractivity contribution in [3.8, 4) is 0 Å². The first-order valence-electron chi connectivity index (χ1n) is 42.7. The van der Waals surface area contributed by atoms with Crippen molar-refractivity contribution in [1.29, 1.82) is 0 Å². The number of rotatable bonds is 78. The number of carbonyl (C=O) groups excluding carboxylic acids is 4. The van der Waals surface area contributed by atoms with E-state index in [4.69, 9.17) is 37.0 Å². The van der Waals surface area contributed by atoms with Gasteiger partial charge in [-0.2, -0.15) is 0 Å². The second-order valence-corrected chi connectivity index (χ2v) is 30.5. The van der Waals surface area contributed by atoms with E-state index < -0.39 is 97.5 Å². The summed E-state index contributed by atoms with van der Waals surface area (Å²) in [7, 11) is -10.0. The summed E-state index contributed by atoms with van der Waals surface area (Å²) in [5.74, 6) is -2.31. The van der Waals surface area contributed by atoms with Crippen molar-refractivity contribution in [2.75, 3.05) is 39.6 Å². The molecule has 17 nitrogen and oxygen atoms in total. The molecule has 0 saturated heterocycles. The number of ether oxygens (including phenoxy) is 4. The van der Waals surface area contributed by atoms with Gasteiger partial charge in [0.15, 0.2) is 12.2 Å². The molecule has 0 heterocycles. The molecule has 0 aromatic heterocycles. The predicted molar refractivity (Wildman–Crippen MR) is 463 cm³/mol. The lowest BCUT2D eigenvalue weighted by Gasteiger charge is -2.21. The van der Waals surface area contributed by atoms with Crippen LogP contribution in [0.2, 0.25) is 0 Å². The van der Waals surface area contributed by atoms with Crippen LogP contribution in [0.3, 0.4) is 0 Å². The van der Waals surface area contributed by atoms with Crippen LogP contribution < -0.4 is 0 Å². The van der Waals surface area contributed by atoms with Crippen molar-refractivity contribution in [1.82, 2.24) is 0 Å². The Morgan fingerprint density at radius 3 is 0.750 bits per heavy atom. The van der Waals surface area contributed by atoms with Gasteiger partial charge in [0, 0.05) is 25.7 Å². The molecule has 0 bridgehead atoms. The average molecular weight is 1600 g/mol. The van der Waals surface area contributed by atoms with E-state index in [1.807, 2.05) is 12.2 Å². The fourth-order valence-corrected chi connectivity index (χ4v) is 12.2. The molecule has 0 spiro atoms. The molecule has 0 aliphatic rings. The predicted octanol–water partition coefficient (Wildman–Crippen LogP) is 25.7. The van der Waals surface area contributed by atoms with Crippen molar-refractivity contribution in [2.24, 2.45) is 0 Å². The van der Waals surface area contributed by atoms with Gasteiger partial charge in [-0.3, -0.25) is 37.3 Å². The van der Waals surface area contributed by atoms with Crippen molar-refractivity contribution in [3.63, 3.8) is 0 Å². The molecule has 112 heavy (non-hydrogen) atoms. The first-order valence-corrected chi connectivity index (χ1v) is 45.7. The lowest BCUT2D eigenvalue weighted by atomic mass is 10.1. The fraction of sp³-hybridized carbons (Fsp3) is 0.613. The second kappa shape index (κ2) is 82.9. The third-order valence-corrected chi connectivity index (χ3v) is 18.9. The first-order chi connectivity index (χ1) is 54.7. The highest BCUT2D eigenvalue weighted by Crippen LogP contribution is 2.45. The van der Waals surface area contributed by atoms with Gasteiger partial charge in [0.1, 0.15) is 19.3 Å². The standard InChI is InChI=1S/C93H150O17P2/c1-5-9-13-17-21-25-29-33-37-41-43-47-49-53-57-61-65-69-73-77-90(95)103-83-88(109-92(97)79-75-71-67-63-59-55-51-45-39-35-31-27-23-19-15-11-7-3)85-107-111(99,100)105-81-87(94)82-106-112(101,102)108-86-89(110-93(98)80-76-72-68-64-60-56-52-46-40-36-32-28-24-20-16-12-8-4)84-104-91(96)78-74-70-66-62-58-54-50-48-44-42-38-34-30-26-22-18-14-10-6-2/h9,11-13,15-16,21-28,33-40,43-44,47-48,51-52,55-56,64,68,87-89,94H,5-8,10,14,17-20,29-32,41-42,45-46,49-50,53-54,57-63,65-67,69-86H2,1-4H3,(H,99,100)(H,101,102)/b13-9-,15-11-,16-12-,25-21-,26-22-,27-23-,28-24-,37-33-,38-34-,39-35-,40-36-,47-43-,48-44-,55-51-,56-52-,68-64-. The van der Waals surface area contributed by atoms with Crippen molar-refractivity contribution >= 4 is 39.5 Å². The van der Waals surface area contributed by atoms with Crippen molar-refractivity contribution < 1.29 is 80.2 Å². The van der Waals surface area contributed by atoms with Crippen LogP contribution in [0.15, 0.2) is 194 Å². The summed E-state index contributed by atoms with van der Waals surface area (Å²) in [6.07, 6.45) is 103. The van der Waals surface area contributed by atoms with E-state index in [9.17, 15) is 43.2 Å². The molecule has 5 atom stereocenters. The molecule has 0 amide bonds. The lowest BCUT2D eigenvalue weighted by Crippen LogP contribution is -2.30. The van der Waals surface area contributed by atoms with Gasteiger partial charge in [-0.1, -0.05) is 299 Å².